The van der Waals surface area contributed by atoms with Crippen molar-refractivity contribution < 1.29 is 24.2 Å². The number of carboxylic acids is 1. The van der Waals surface area contributed by atoms with Crippen LogP contribution in [0.2, 0.25) is 0 Å². The first-order valence-electron chi connectivity index (χ1n) is 9.70. The van der Waals surface area contributed by atoms with Gasteiger partial charge in [0.15, 0.2) is 11.5 Å². The van der Waals surface area contributed by atoms with Crippen LogP contribution < -0.4 is 14.8 Å². The number of carbonyl (C=O) groups excluding carboxylic acids is 1. The smallest absolute Gasteiger partial charge is 0.346 e. The van der Waals surface area contributed by atoms with Crippen molar-refractivity contribution in [3.8, 4) is 22.6 Å². The van der Waals surface area contributed by atoms with Gasteiger partial charge in [0.1, 0.15) is 11.5 Å². The van der Waals surface area contributed by atoms with Crippen LogP contribution in [-0.2, 0) is 4.79 Å². The fourth-order valence-electron chi connectivity index (χ4n) is 3.76. The van der Waals surface area contributed by atoms with Crippen molar-refractivity contribution in [3.05, 3.63) is 76.5 Å². The highest BCUT2D eigenvalue weighted by Crippen LogP contribution is 2.50. The molecule has 2 aromatic carbocycles. The van der Waals surface area contributed by atoms with Crippen molar-refractivity contribution in [1.82, 2.24) is 0 Å². The predicted octanol–water partition coefficient (Wildman–Crippen LogP) is 5.16. The molecule has 0 radical (unpaired) electrons. The molecule has 1 aliphatic heterocycles. The van der Waals surface area contributed by atoms with Crippen LogP contribution in [0.1, 0.15) is 32.5 Å². The monoisotopic (exact) mass is 435 g/mol. The average molecular weight is 436 g/mol. The second kappa shape index (κ2) is 8.65. The summed E-state index contributed by atoms with van der Waals surface area (Å²) >= 11 is 1.20. The van der Waals surface area contributed by atoms with Crippen molar-refractivity contribution in [3.63, 3.8) is 0 Å². The summed E-state index contributed by atoms with van der Waals surface area (Å²) in [5.41, 5.74) is 2.73. The van der Waals surface area contributed by atoms with Gasteiger partial charge < -0.3 is 19.9 Å². The third-order valence-corrected chi connectivity index (χ3v) is 6.40. The summed E-state index contributed by atoms with van der Waals surface area (Å²) in [6.45, 7) is 3.99. The fraction of sp³-hybridized carbons (Fsp3) is 0.167. The van der Waals surface area contributed by atoms with Crippen molar-refractivity contribution in [2.45, 2.75) is 12.3 Å². The first kappa shape index (κ1) is 20.7. The maximum Gasteiger partial charge on any atom is 0.346 e. The summed E-state index contributed by atoms with van der Waals surface area (Å²) in [7, 11) is 1.56. The third kappa shape index (κ3) is 3.92. The van der Waals surface area contributed by atoms with Crippen LogP contribution in [0.15, 0.2) is 61.2 Å². The molecule has 1 aromatic heterocycles. The van der Waals surface area contributed by atoms with Gasteiger partial charge in [0, 0.05) is 22.8 Å². The maximum atomic E-state index is 12.6. The summed E-state index contributed by atoms with van der Waals surface area (Å²) < 4.78 is 11.1. The molecule has 0 aliphatic carbocycles. The Morgan fingerprint density at radius 3 is 2.71 bits per heavy atom. The van der Waals surface area contributed by atoms with E-state index in [0.717, 1.165) is 16.0 Å². The molecule has 0 saturated carbocycles. The summed E-state index contributed by atoms with van der Waals surface area (Å²) in [5, 5.41) is 12.8. The molecule has 1 aliphatic rings. The Bertz CT molecular complexity index is 1150. The molecule has 0 fully saturated rings. The normalized spacial score (nSPS) is 15.0. The number of anilines is 1. The highest BCUT2D eigenvalue weighted by Gasteiger charge is 2.34. The largest absolute Gasteiger partial charge is 0.493 e. The van der Waals surface area contributed by atoms with Crippen LogP contribution in [0.4, 0.5) is 5.69 Å². The Balaban J connectivity index is 1.84. The minimum absolute atomic E-state index is 0.157. The zero-order valence-electron chi connectivity index (χ0n) is 16.9. The number of fused-ring (bicyclic) bond motifs is 1. The van der Waals surface area contributed by atoms with E-state index in [1.807, 2.05) is 42.5 Å². The van der Waals surface area contributed by atoms with Gasteiger partial charge in [-0.15, -0.1) is 11.3 Å². The number of benzene rings is 2. The molecule has 3 aromatic rings. The number of rotatable bonds is 7. The number of hydrogen-bond acceptors (Lipinski definition) is 5. The lowest BCUT2D eigenvalue weighted by Crippen LogP contribution is -2.22. The number of amides is 1. The zero-order chi connectivity index (χ0) is 22.0. The van der Waals surface area contributed by atoms with Crippen molar-refractivity contribution >= 4 is 28.9 Å². The van der Waals surface area contributed by atoms with Crippen LogP contribution in [0.5, 0.6) is 11.5 Å². The second-order valence-corrected chi connectivity index (χ2v) is 8.08. The standard InChI is InChI=1S/C24H21NO5S/c1-3-11-30-17-10-9-15(12-18(17)29-2)16-13-19(26)25-21-20(14-7-5-4-6-8-14)23(24(27)28)31-22(16)21/h3-10,12,16H,1,11,13H2,2H3,(H,25,26)(H,27,28). The van der Waals surface area contributed by atoms with Crippen LogP contribution in [-0.4, -0.2) is 30.7 Å². The van der Waals surface area contributed by atoms with Gasteiger partial charge in [-0.25, -0.2) is 4.79 Å². The van der Waals surface area contributed by atoms with E-state index in [1.54, 1.807) is 19.3 Å². The van der Waals surface area contributed by atoms with Gasteiger partial charge in [0.05, 0.1) is 12.8 Å². The minimum atomic E-state index is -1.02. The van der Waals surface area contributed by atoms with Gasteiger partial charge in [0.25, 0.3) is 0 Å². The SMILES string of the molecule is C=CCOc1ccc(C2CC(=O)Nc3c2sc(C(=O)O)c3-c2ccccc2)cc1OC. The number of ether oxygens (including phenoxy) is 2. The Labute approximate surface area is 183 Å². The molecule has 1 atom stereocenters. The molecule has 0 bridgehead atoms. The molecule has 6 nitrogen and oxygen atoms in total. The van der Waals surface area contributed by atoms with E-state index < -0.39 is 5.97 Å². The zero-order valence-corrected chi connectivity index (χ0v) is 17.7. The molecule has 158 valence electrons. The fourth-order valence-corrected chi connectivity index (χ4v) is 5.00. The van der Waals surface area contributed by atoms with Gasteiger partial charge in [-0.1, -0.05) is 49.1 Å². The molecule has 0 saturated heterocycles. The lowest BCUT2D eigenvalue weighted by molar-refractivity contribution is -0.116. The van der Waals surface area contributed by atoms with Gasteiger partial charge in [-0.3, -0.25) is 4.79 Å². The number of methoxy groups -OCH3 is 1. The molecular formula is C24H21NO5S. The van der Waals surface area contributed by atoms with E-state index in [2.05, 4.69) is 11.9 Å². The van der Waals surface area contributed by atoms with E-state index in [1.165, 1.54) is 11.3 Å². The average Bonchev–Trinajstić information content (AvgIpc) is 3.17. The topological polar surface area (TPSA) is 84.9 Å². The van der Waals surface area contributed by atoms with E-state index in [4.69, 9.17) is 9.47 Å². The van der Waals surface area contributed by atoms with Gasteiger partial charge in [-0.2, -0.15) is 0 Å². The van der Waals surface area contributed by atoms with E-state index in [-0.39, 0.29) is 23.1 Å². The molecule has 2 N–H and O–H groups in total. The van der Waals surface area contributed by atoms with Crippen LogP contribution in [0, 0.1) is 0 Å². The quantitative estimate of drug-likeness (QED) is 0.501. The highest BCUT2D eigenvalue weighted by atomic mass is 32.1. The van der Waals surface area contributed by atoms with E-state index in [9.17, 15) is 14.7 Å². The Hall–Kier alpha value is -3.58. The number of thiophene rings is 1. The molecular weight excluding hydrogens is 414 g/mol. The predicted molar refractivity (Wildman–Crippen MR) is 120 cm³/mol. The summed E-state index contributed by atoms with van der Waals surface area (Å²) in [5.74, 6) is -0.335. The molecule has 2 heterocycles. The van der Waals surface area contributed by atoms with Gasteiger partial charge >= 0.3 is 5.97 Å². The molecule has 31 heavy (non-hydrogen) atoms. The lowest BCUT2D eigenvalue weighted by atomic mass is 9.88. The van der Waals surface area contributed by atoms with E-state index >= 15 is 0 Å². The number of carboxylic acid groups (broad SMARTS) is 1. The number of hydrogen-bond donors (Lipinski definition) is 2. The second-order valence-electron chi connectivity index (χ2n) is 7.03. The third-order valence-electron chi connectivity index (χ3n) is 5.11. The van der Waals surface area contributed by atoms with E-state index in [0.29, 0.717) is 29.4 Å². The van der Waals surface area contributed by atoms with Gasteiger partial charge in [0.2, 0.25) is 5.91 Å². The van der Waals surface area contributed by atoms with Crippen molar-refractivity contribution in [1.29, 1.82) is 0 Å². The molecule has 0 spiro atoms. The molecule has 1 unspecified atom stereocenters. The molecule has 7 heteroatoms. The van der Waals surface area contributed by atoms with Crippen LogP contribution in [0.3, 0.4) is 0 Å². The summed E-state index contributed by atoms with van der Waals surface area (Å²) in [6.07, 6.45) is 1.87. The number of nitrogens with one attached hydrogen (secondary N) is 1. The molecule has 4 rings (SSSR count). The van der Waals surface area contributed by atoms with Crippen molar-refractivity contribution in [2.75, 3.05) is 19.0 Å². The van der Waals surface area contributed by atoms with Gasteiger partial charge in [-0.05, 0) is 23.3 Å². The van der Waals surface area contributed by atoms with Crippen LogP contribution in [0.25, 0.3) is 11.1 Å². The first-order chi connectivity index (χ1) is 15.0. The lowest BCUT2D eigenvalue weighted by Gasteiger charge is -2.24. The summed E-state index contributed by atoms with van der Waals surface area (Å²) in [6, 6.07) is 14.8. The Kier molecular flexibility index (Phi) is 5.77. The Morgan fingerprint density at radius 2 is 2.03 bits per heavy atom. The van der Waals surface area contributed by atoms with Crippen LogP contribution >= 0.6 is 11.3 Å². The Morgan fingerprint density at radius 1 is 1.26 bits per heavy atom. The molecule has 1 amide bonds. The minimum Gasteiger partial charge on any atom is -0.493 e. The number of aromatic carboxylic acids is 1. The maximum absolute atomic E-state index is 12.6. The highest BCUT2D eigenvalue weighted by molar-refractivity contribution is 7.15. The van der Waals surface area contributed by atoms with Crippen molar-refractivity contribution in [2.24, 2.45) is 0 Å². The first-order valence-corrected chi connectivity index (χ1v) is 10.5. The summed E-state index contributed by atoms with van der Waals surface area (Å²) in [4.78, 5) is 25.7. The number of carbonyl (C=O) groups is 2.